The van der Waals surface area contributed by atoms with E-state index >= 15 is 0 Å². The van der Waals surface area contributed by atoms with Crippen LogP contribution >= 0.6 is 0 Å². The van der Waals surface area contributed by atoms with Crippen molar-refractivity contribution in [2.75, 3.05) is 5.32 Å². The lowest BCUT2D eigenvalue weighted by Crippen LogP contribution is -2.10. The quantitative estimate of drug-likeness (QED) is 0.793. The highest BCUT2D eigenvalue weighted by Crippen LogP contribution is 2.45. The van der Waals surface area contributed by atoms with E-state index in [9.17, 15) is 14.7 Å². The Balaban J connectivity index is 1.98. The van der Waals surface area contributed by atoms with Gasteiger partial charge in [-0.3, -0.25) is 4.79 Å². The summed E-state index contributed by atoms with van der Waals surface area (Å²) >= 11 is 0. The van der Waals surface area contributed by atoms with Gasteiger partial charge in [0.25, 0.3) is 5.91 Å². The zero-order valence-electron chi connectivity index (χ0n) is 11.4. The molecule has 0 spiro atoms. The highest BCUT2D eigenvalue weighted by atomic mass is 16.5. The van der Waals surface area contributed by atoms with Crippen LogP contribution in [0.4, 0.5) is 5.69 Å². The van der Waals surface area contributed by atoms with Gasteiger partial charge in [0.2, 0.25) is 6.10 Å². The van der Waals surface area contributed by atoms with E-state index in [4.69, 9.17) is 4.74 Å². The van der Waals surface area contributed by atoms with Gasteiger partial charge < -0.3 is 15.2 Å². The number of amides is 1. The molecule has 0 saturated heterocycles. The molecule has 2 aromatic rings. The van der Waals surface area contributed by atoms with E-state index in [0.29, 0.717) is 28.1 Å². The zero-order chi connectivity index (χ0) is 15.3. The number of para-hydroxylation sites is 1. The summed E-state index contributed by atoms with van der Waals surface area (Å²) in [5.74, 6) is -1.03. The van der Waals surface area contributed by atoms with Crippen LogP contribution in [0.3, 0.4) is 0 Å². The lowest BCUT2D eigenvalue weighted by molar-refractivity contribution is -0.146. The molecule has 2 aromatic carbocycles. The summed E-state index contributed by atoms with van der Waals surface area (Å²) in [4.78, 5) is 23.7. The number of rotatable bonds is 1. The summed E-state index contributed by atoms with van der Waals surface area (Å²) < 4.78 is 5.62. The number of hydrogen-bond acceptors (Lipinski definition) is 3. The van der Waals surface area contributed by atoms with Crippen molar-refractivity contribution in [3.05, 3.63) is 65.2 Å². The number of carboxylic acid groups (broad SMARTS) is 1. The maximum Gasteiger partial charge on any atom is 0.349 e. The Kier molecular flexibility index (Phi) is 2.56. The average molecular weight is 293 g/mol. The van der Waals surface area contributed by atoms with Crippen LogP contribution in [0.1, 0.15) is 22.8 Å². The smallest absolute Gasteiger partial charge is 0.349 e. The fraction of sp³-hybridized carbons (Fsp3) is 0.0588. The predicted molar refractivity (Wildman–Crippen MR) is 79.8 cm³/mol. The average Bonchev–Trinajstić information content (AvgIpc) is 3.04. The number of carbonyl (C=O) groups excluding carboxylic acids is 1. The summed E-state index contributed by atoms with van der Waals surface area (Å²) in [6, 6.07) is 14.3. The number of carbonyl (C=O) groups is 2. The molecule has 5 heteroatoms. The molecule has 0 fully saturated rings. The Labute approximate surface area is 125 Å². The van der Waals surface area contributed by atoms with E-state index < -0.39 is 12.1 Å². The maximum absolute atomic E-state index is 12.3. The van der Waals surface area contributed by atoms with Crippen molar-refractivity contribution in [3.8, 4) is 0 Å². The van der Waals surface area contributed by atoms with Crippen LogP contribution < -0.4 is 5.32 Å². The minimum Gasteiger partial charge on any atom is -0.478 e. The molecule has 108 valence electrons. The number of nitrogens with one attached hydrogen (secondary N) is 1. The Morgan fingerprint density at radius 1 is 1.05 bits per heavy atom. The van der Waals surface area contributed by atoms with Crippen LogP contribution in [0.25, 0.3) is 11.3 Å². The summed E-state index contributed by atoms with van der Waals surface area (Å²) in [6.45, 7) is 0. The molecule has 1 amide bonds. The van der Waals surface area contributed by atoms with E-state index in [1.807, 2.05) is 18.2 Å². The topological polar surface area (TPSA) is 75.6 Å². The third-order valence-electron chi connectivity index (χ3n) is 3.85. The molecule has 22 heavy (non-hydrogen) atoms. The highest BCUT2D eigenvalue weighted by Gasteiger charge is 2.38. The third-order valence-corrected chi connectivity index (χ3v) is 3.85. The van der Waals surface area contributed by atoms with Crippen molar-refractivity contribution in [3.63, 3.8) is 0 Å². The first-order valence-corrected chi connectivity index (χ1v) is 6.80. The standard InChI is InChI=1S/C17H11NO4/c19-16-13(11-7-3-4-8-12(11)18-16)14-9-5-1-2-6-10(9)15(22-14)17(20)21/h1-8,15H,(H,18,19)(H,20,21)/b14-13-. The van der Waals surface area contributed by atoms with Gasteiger partial charge in [-0.1, -0.05) is 42.5 Å². The van der Waals surface area contributed by atoms with Crippen LogP contribution in [0.2, 0.25) is 0 Å². The maximum atomic E-state index is 12.3. The Morgan fingerprint density at radius 2 is 1.73 bits per heavy atom. The Morgan fingerprint density at radius 3 is 2.50 bits per heavy atom. The number of anilines is 1. The number of aliphatic carboxylic acids is 1. The molecule has 2 aliphatic rings. The number of fused-ring (bicyclic) bond motifs is 2. The van der Waals surface area contributed by atoms with Crippen LogP contribution in [-0.4, -0.2) is 17.0 Å². The van der Waals surface area contributed by atoms with Crippen LogP contribution in [0, 0.1) is 0 Å². The zero-order valence-corrected chi connectivity index (χ0v) is 11.4. The molecule has 0 radical (unpaired) electrons. The first-order valence-electron chi connectivity index (χ1n) is 6.80. The lowest BCUT2D eigenvalue weighted by Gasteiger charge is -2.07. The van der Waals surface area contributed by atoms with Crippen LogP contribution in [0.15, 0.2) is 48.5 Å². The number of ether oxygens (including phenoxy) is 1. The first-order chi connectivity index (χ1) is 10.7. The van der Waals surface area contributed by atoms with Crippen molar-refractivity contribution in [1.82, 2.24) is 0 Å². The number of hydrogen-bond donors (Lipinski definition) is 2. The van der Waals surface area contributed by atoms with E-state index in [0.717, 1.165) is 5.56 Å². The summed E-state index contributed by atoms with van der Waals surface area (Å²) in [5.41, 5.74) is 3.02. The molecule has 0 aromatic heterocycles. The van der Waals surface area contributed by atoms with Gasteiger partial charge in [0, 0.05) is 22.4 Å². The van der Waals surface area contributed by atoms with E-state index in [2.05, 4.69) is 5.32 Å². The SMILES string of the molecule is O=C1Nc2ccccc2/C1=C1/OC(C(=O)O)c2ccccc21. The van der Waals surface area contributed by atoms with E-state index in [1.54, 1.807) is 30.3 Å². The van der Waals surface area contributed by atoms with Gasteiger partial charge in [-0.25, -0.2) is 4.79 Å². The summed E-state index contributed by atoms with van der Waals surface area (Å²) in [6.07, 6.45) is -1.08. The van der Waals surface area contributed by atoms with Gasteiger partial charge in [-0.05, 0) is 6.07 Å². The molecule has 1 unspecified atom stereocenters. The number of carboxylic acids is 1. The van der Waals surface area contributed by atoms with Crippen molar-refractivity contribution in [2.24, 2.45) is 0 Å². The van der Waals surface area contributed by atoms with Crippen molar-refractivity contribution in [2.45, 2.75) is 6.10 Å². The van der Waals surface area contributed by atoms with Gasteiger partial charge in [-0.15, -0.1) is 0 Å². The highest BCUT2D eigenvalue weighted by molar-refractivity contribution is 6.36. The Hall–Kier alpha value is -3.08. The van der Waals surface area contributed by atoms with Crippen LogP contribution in [0.5, 0.6) is 0 Å². The van der Waals surface area contributed by atoms with Gasteiger partial charge in [0.1, 0.15) is 5.76 Å². The molecule has 0 aliphatic carbocycles. The molecule has 4 rings (SSSR count). The minimum absolute atomic E-state index is 0.281. The summed E-state index contributed by atoms with van der Waals surface area (Å²) in [5, 5.41) is 12.1. The van der Waals surface area contributed by atoms with Crippen molar-refractivity contribution < 1.29 is 19.4 Å². The largest absolute Gasteiger partial charge is 0.478 e. The van der Waals surface area contributed by atoms with Gasteiger partial charge in [0.15, 0.2) is 0 Å². The first kappa shape index (κ1) is 12.6. The molecule has 2 aliphatic heterocycles. The minimum atomic E-state index is -1.08. The second-order valence-electron chi connectivity index (χ2n) is 5.13. The third kappa shape index (κ3) is 1.65. The Bertz CT molecular complexity index is 853. The van der Waals surface area contributed by atoms with Gasteiger partial charge in [0.05, 0.1) is 5.57 Å². The molecule has 5 nitrogen and oxygen atoms in total. The fourth-order valence-corrected chi connectivity index (χ4v) is 2.90. The molecule has 1 atom stereocenters. The van der Waals surface area contributed by atoms with E-state index in [-0.39, 0.29) is 5.91 Å². The monoisotopic (exact) mass is 293 g/mol. The van der Waals surface area contributed by atoms with Gasteiger partial charge in [-0.2, -0.15) is 0 Å². The summed E-state index contributed by atoms with van der Waals surface area (Å²) in [7, 11) is 0. The molecular formula is C17H11NO4. The lowest BCUT2D eigenvalue weighted by atomic mass is 9.99. The van der Waals surface area contributed by atoms with E-state index in [1.165, 1.54) is 0 Å². The number of benzene rings is 2. The van der Waals surface area contributed by atoms with Crippen molar-refractivity contribution in [1.29, 1.82) is 0 Å². The molecular weight excluding hydrogens is 282 g/mol. The normalized spacial score (nSPS) is 21.8. The second-order valence-corrected chi connectivity index (χ2v) is 5.13. The molecule has 2 N–H and O–H groups in total. The molecule has 2 heterocycles. The molecule has 0 bridgehead atoms. The molecule has 0 saturated carbocycles. The van der Waals surface area contributed by atoms with Crippen LogP contribution in [-0.2, 0) is 14.3 Å². The van der Waals surface area contributed by atoms with Gasteiger partial charge >= 0.3 is 5.97 Å². The van der Waals surface area contributed by atoms with Crippen molar-refractivity contribution >= 4 is 28.9 Å². The second kappa shape index (κ2) is 4.46. The predicted octanol–water partition coefficient (Wildman–Crippen LogP) is 2.66. The fourth-order valence-electron chi connectivity index (χ4n) is 2.90.